The first-order valence-electron chi connectivity index (χ1n) is 13.2. The van der Waals surface area contributed by atoms with Gasteiger partial charge in [-0.25, -0.2) is 9.97 Å². The molecule has 2 heterocycles. The summed E-state index contributed by atoms with van der Waals surface area (Å²) in [6.45, 7) is 7.61. The Balaban J connectivity index is 1.20. The molecule has 0 amide bonds. The summed E-state index contributed by atoms with van der Waals surface area (Å²) in [6, 6.07) is 0. The third-order valence-electron chi connectivity index (χ3n) is 11.1. The van der Waals surface area contributed by atoms with Gasteiger partial charge in [-0.1, -0.05) is 13.8 Å². The minimum atomic E-state index is -0.467. The maximum absolute atomic E-state index is 11.4. The van der Waals surface area contributed by atoms with Crippen molar-refractivity contribution in [3.8, 4) is 0 Å². The highest BCUT2D eigenvalue weighted by Crippen LogP contribution is 2.68. The lowest BCUT2D eigenvalue weighted by Gasteiger charge is -2.62. The van der Waals surface area contributed by atoms with Crippen LogP contribution in [0.15, 0.2) is 18.6 Å². The van der Waals surface area contributed by atoms with Gasteiger partial charge in [-0.05, 0) is 105 Å². The van der Waals surface area contributed by atoms with Gasteiger partial charge in [0.25, 0.3) is 0 Å². The Labute approximate surface area is 197 Å². The van der Waals surface area contributed by atoms with Crippen molar-refractivity contribution >= 4 is 11.2 Å². The summed E-state index contributed by atoms with van der Waals surface area (Å²) in [6.07, 6.45) is 15.5. The monoisotopic (exact) mass is 452 g/mol. The molecule has 180 valence electrons. The Morgan fingerprint density at radius 3 is 2.58 bits per heavy atom. The minimum absolute atomic E-state index is 0.215. The Morgan fingerprint density at radius 2 is 1.76 bits per heavy atom. The van der Waals surface area contributed by atoms with E-state index in [4.69, 9.17) is 0 Å². The van der Waals surface area contributed by atoms with E-state index >= 15 is 0 Å². The lowest BCUT2D eigenvalue weighted by Crippen LogP contribution is -2.56. The smallest absolute Gasteiger partial charge is 0.199 e. The highest BCUT2D eigenvalue weighted by molar-refractivity contribution is 5.67. The fourth-order valence-corrected chi connectivity index (χ4v) is 9.32. The largest absolute Gasteiger partial charge is 0.391 e. The van der Waals surface area contributed by atoms with E-state index < -0.39 is 5.60 Å². The summed E-state index contributed by atoms with van der Waals surface area (Å²) >= 11 is 0. The van der Waals surface area contributed by atoms with Gasteiger partial charge in [0.2, 0.25) is 0 Å². The predicted molar refractivity (Wildman–Crippen MR) is 127 cm³/mol. The van der Waals surface area contributed by atoms with Gasteiger partial charge in [-0.3, -0.25) is 4.68 Å². The van der Waals surface area contributed by atoms with Crippen molar-refractivity contribution in [2.75, 3.05) is 0 Å². The second-order valence-electron chi connectivity index (χ2n) is 12.8. The van der Waals surface area contributed by atoms with E-state index in [2.05, 4.69) is 28.9 Å². The Morgan fingerprint density at radius 1 is 0.970 bits per heavy atom. The molecule has 2 N–H and O–H groups in total. The molecule has 4 aliphatic carbocycles. The number of hydrogen-bond acceptors (Lipinski definition) is 5. The van der Waals surface area contributed by atoms with E-state index in [9.17, 15) is 10.2 Å². The van der Waals surface area contributed by atoms with Crippen LogP contribution in [-0.4, -0.2) is 41.7 Å². The second-order valence-corrected chi connectivity index (χ2v) is 12.8. The third kappa shape index (κ3) is 3.38. The molecule has 4 saturated carbocycles. The number of aliphatic hydroxyl groups excluding tert-OH is 1. The Bertz CT molecular complexity index is 1000. The van der Waals surface area contributed by atoms with Crippen molar-refractivity contribution < 1.29 is 10.2 Å². The van der Waals surface area contributed by atoms with Crippen molar-refractivity contribution in [1.29, 1.82) is 0 Å². The van der Waals surface area contributed by atoms with Gasteiger partial charge >= 0.3 is 0 Å². The summed E-state index contributed by atoms with van der Waals surface area (Å²) in [5.41, 5.74) is 1.57. The van der Waals surface area contributed by atoms with E-state index in [-0.39, 0.29) is 11.5 Å². The molecule has 9 atom stereocenters. The lowest BCUT2D eigenvalue weighted by molar-refractivity contribution is -0.150. The van der Waals surface area contributed by atoms with Gasteiger partial charge in [0.05, 0.1) is 24.4 Å². The quantitative estimate of drug-likeness (QED) is 0.711. The van der Waals surface area contributed by atoms with Crippen LogP contribution < -0.4 is 0 Å². The summed E-state index contributed by atoms with van der Waals surface area (Å²) in [4.78, 5) is 8.62. The molecule has 4 fully saturated rings. The van der Waals surface area contributed by atoms with Gasteiger partial charge in [0.15, 0.2) is 5.65 Å². The number of fused-ring (bicyclic) bond motifs is 6. The first kappa shape index (κ1) is 22.0. The number of aliphatic hydroxyl groups is 2. The normalized spacial score (nSPS) is 45.9. The van der Waals surface area contributed by atoms with Gasteiger partial charge in [0.1, 0.15) is 5.52 Å². The molecule has 2 aromatic rings. The molecule has 2 unspecified atom stereocenters. The van der Waals surface area contributed by atoms with Crippen LogP contribution >= 0.6 is 0 Å². The Hall–Kier alpha value is -1.53. The zero-order valence-electron chi connectivity index (χ0n) is 20.5. The van der Waals surface area contributed by atoms with Crippen LogP contribution in [0.1, 0.15) is 78.6 Å². The van der Waals surface area contributed by atoms with Crippen molar-refractivity contribution in [1.82, 2.24) is 19.7 Å². The summed E-state index contributed by atoms with van der Waals surface area (Å²) in [5.74, 6) is 3.29. The average molecular weight is 453 g/mol. The molecule has 0 bridgehead atoms. The molecule has 6 heteroatoms. The van der Waals surface area contributed by atoms with Crippen LogP contribution in [0.25, 0.3) is 11.2 Å². The molecular weight excluding hydrogens is 412 g/mol. The third-order valence-corrected chi connectivity index (χ3v) is 11.1. The summed E-state index contributed by atoms with van der Waals surface area (Å²) < 4.78 is 1.85. The van der Waals surface area contributed by atoms with Gasteiger partial charge in [-0.15, -0.1) is 0 Å². The van der Waals surface area contributed by atoms with Crippen LogP contribution in [0, 0.1) is 40.4 Å². The summed E-state index contributed by atoms with van der Waals surface area (Å²) in [5, 5.41) is 26.7. The average Bonchev–Trinajstić information content (AvgIpc) is 3.34. The molecule has 0 spiro atoms. The van der Waals surface area contributed by atoms with E-state index in [0.29, 0.717) is 29.4 Å². The van der Waals surface area contributed by atoms with Gasteiger partial charge in [0, 0.05) is 12.4 Å². The fraction of sp³-hybridized carbons (Fsp3) is 0.815. The SMILES string of the molecule is CC12CC[C@H]3[C@@H](CC[C@H]4C[C@](C)(O)CC[C@@]43C)[C@@H]1CC[C@@H]2C(O)Cn1cc2nccnc2n1. The maximum atomic E-state index is 11.4. The van der Waals surface area contributed by atoms with Crippen LogP contribution in [-0.2, 0) is 6.54 Å². The first-order chi connectivity index (χ1) is 15.7. The molecule has 6 nitrogen and oxygen atoms in total. The Kier molecular flexibility index (Phi) is 4.98. The molecule has 2 aromatic heterocycles. The molecule has 0 aliphatic heterocycles. The minimum Gasteiger partial charge on any atom is -0.391 e. The molecule has 0 aromatic carbocycles. The van der Waals surface area contributed by atoms with Crippen LogP contribution in [0.2, 0.25) is 0 Å². The van der Waals surface area contributed by atoms with E-state index in [0.717, 1.165) is 42.5 Å². The molecule has 33 heavy (non-hydrogen) atoms. The van der Waals surface area contributed by atoms with E-state index in [1.54, 1.807) is 12.4 Å². The fourth-order valence-electron chi connectivity index (χ4n) is 9.32. The van der Waals surface area contributed by atoms with Gasteiger partial charge < -0.3 is 10.2 Å². The van der Waals surface area contributed by atoms with E-state index in [1.165, 1.54) is 38.5 Å². The van der Waals surface area contributed by atoms with E-state index in [1.807, 2.05) is 17.8 Å². The second kappa shape index (κ2) is 7.48. The summed E-state index contributed by atoms with van der Waals surface area (Å²) in [7, 11) is 0. The highest BCUT2D eigenvalue weighted by Gasteiger charge is 2.61. The molecule has 4 aliphatic rings. The van der Waals surface area contributed by atoms with Gasteiger partial charge in [-0.2, -0.15) is 5.10 Å². The van der Waals surface area contributed by atoms with Crippen LogP contribution in [0.4, 0.5) is 0 Å². The molecular formula is C27H40N4O2. The number of hydrogen-bond donors (Lipinski definition) is 2. The zero-order valence-corrected chi connectivity index (χ0v) is 20.5. The molecule has 6 rings (SSSR count). The van der Waals surface area contributed by atoms with Crippen molar-refractivity contribution in [3.05, 3.63) is 18.6 Å². The molecule has 0 saturated heterocycles. The first-order valence-corrected chi connectivity index (χ1v) is 13.2. The topological polar surface area (TPSA) is 84.1 Å². The lowest BCUT2D eigenvalue weighted by atomic mass is 9.44. The number of aromatic nitrogens is 4. The number of nitrogens with zero attached hydrogens (tertiary/aromatic N) is 4. The standard InChI is InChI=1S/C27H40N4O2/c1-25(33)10-11-26(2)17(14-25)4-5-18-19-6-7-21(27(19,3)9-8-20(18)26)23(32)16-31-15-22-24(30-31)29-13-12-28-22/h12-13,15,17-21,23,32-33H,4-11,14,16H2,1-3H3/t17-,18-,19-,20-,21+,23?,25+,26-,27?/m0/s1. The van der Waals surface area contributed by atoms with Crippen LogP contribution in [0.3, 0.4) is 0 Å². The predicted octanol–water partition coefficient (Wildman–Crippen LogP) is 4.60. The zero-order chi connectivity index (χ0) is 23.0. The number of rotatable bonds is 3. The van der Waals surface area contributed by atoms with Crippen LogP contribution in [0.5, 0.6) is 0 Å². The highest BCUT2D eigenvalue weighted by atomic mass is 16.3. The molecule has 0 radical (unpaired) electrons. The maximum Gasteiger partial charge on any atom is 0.199 e. The van der Waals surface area contributed by atoms with Crippen molar-refractivity contribution in [2.45, 2.75) is 96.8 Å². The van der Waals surface area contributed by atoms with Crippen molar-refractivity contribution in [3.63, 3.8) is 0 Å². The van der Waals surface area contributed by atoms with Crippen molar-refractivity contribution in [2.24, 2.45) is 40.4 Å².